The maximum atomic E-state index is 12.6. The van der Waals surface area contributed by atoms with Gasteiger partial charge in [-0.05, 0) is 37.3 Å². The third-order valence-electron chi connectivity index (χ3n) is 5.51. The zero-order valence-electron chi connectivity index (χ0n) is 16.4. The lowest BCUT2D eigenvalue weighted by molar-refractivity contribution is -0.146. The van der Waals surface area contributed by atoms with Crippen molar-refractivity contribution in [2.45, 2.75) is 38.3 Å². The number of hydrogen-bond acceptors (Lipinski definition) is 5. The van der Waals surface area contributed by atoms with Crippen LogP contribution in [0.1, 0.15) is 41.6 Å². The van der Waals surface area contributed by atoms with E-state index in [2.05, 4.69) is 27.4 Å². The molecule has 0 bridgehead atoms. The van der Waals surface area contributed by atoms with Gasteiger partial charge in [0.25, 0.3) is 5.91 Å². The Morgan fingerprint density at radius 2 is 1.90 bits per heavy atom. The Balaban J connectivity index is 1.41. The molecule has 7 heteroatoms. The Bertz CT molecular complexity index is 1010. The molecule has 1 aliphatic rings. The van der Waals surface area contributed by atoms with Gasteiger partial charge in [0.1, 0.15) is 5.52 Å². The van der Waals surface area contributed by atoms with E-state index in [-0.39, 0.29) is 23.8 Å². The summed E-state index contributed by atoms with van der Waals surface area (Å²) in [7, 11) is 1.42. The van der Waals surface area contributed by atoms with Crippen LogP contribution in [0.2, 0.25) is 0 Å². The van der Waals surface area contributed by atoms with Gasteiger partial charge in [0.2, 0.25) is 0 Å². The highest BCUT2D eigenvalue weighted by Gasteiger charge is 2.27. The Labute approximate surface area is 169 Å². The molecule has 3 aromatic rings. The first-order chi connectivity index (χ1) is 14.1. The summed E-state index contributed by atoms with van der Waals surface area (Å²) < 4.78 is 6.78. The molecule has 1 aliphatic carbocycles. The number of carbonyl (C=O) groups is 2. The van der Waals surface area contributed by atoms with Gasteiger partial charge in [-0.3, -0.25) is 9.59 Å². The maximum absolute atomic E-state index is 12.6. The second-order valence-electron chi connectivity index (χ2n) is 7.47. The molecule has 1 fully saturated rings. The van der Waals surface area contributed by atoms with E-state index < -0.39 is 0 Å². The smallest absolute Gasteiger partial charge is 0.308 e. The molecule has 29 heavy (non-hydrogen) atoms. The summed E-state index contributed by atoms with van der Waals surface area (Å²) in [6.45, 7) is 0.680. The van der Waals surface area contributed by atoms with Crippen LogP contribution in [0.5, 0.6) is 0 Å². The number of pyridine rings is 1. The van der Waals surface area contributed by atoms with Crippen molar-refractivity contribution in [1.82, 2.24) is 19.9 Å². The summed E-state index contributed by atoms with van der Waals surface area (Å²) >= 11 is 0. The number of fused-ring (bicyclic) bond motifs is 1. The van der Waals surface area contributed by atoms with Crippen molar-refractivity contribution >= 4 is 23.0 Å². The third kappa shape index (κ3) is 4.29. The van der Waals surface area contributed by atoms with Crippen molar-refractivity contribution in [1.29, 1.82) is 0 Å². The first kappa shape index (κ1) is 19.1. The fraction of sp³-hybridized carbons (Fsp3) is 0.364. The molecule has 1 aromatic carbocycles. The minimum absolute atomic E-state index is 0.0558. The minimum atomic E-state index is -0.157. The van der Waals surface area contributed by atoms with Crippen molar-refractivity contribution in [3.63, 3.8) is 0 Å². The lowest BCUT2D eigenvalue weighted by Crippen LogP contribution is -2.38. The molecule has 0 unspecified atom stereocenters. The molecule has 7 nitrogen and oxygen atoms in total. The predicted octanol–water partition coefficient (Wildman–Crippen LogP) is 2.94. The molecule has 1 N–H and O–H groups in total. The van der Waals surface area contributed by atoms with Crippen molar-refractivity contribution in [2.75, 3.05) is 7.11 Å². The van der Waals surface area contributed by atoms with Gasteiger partial charge in [-0.15, -0.1) is 0 Å². The number of amides is 1. The van der Waals surface area contributed by atoms with Gasteiger partial charge in [0.15, 0.2) is 5.65 Å². The SMILES string of the molecule is COC(=O)C1CCC(NC(=O)c2cnc3c(c2)ncn3Cc2ccccc2)CC1. The van der Waals surface area contributed by atoms with Crippen LogP contribution in [-0.4, -0.2) is 39.6 Å². The van der Waals surface area contributed by atoms with E-state index in [0.29, 0.717) is 17.6 Å². The number of imidazole rings is 1. The fourth-order valence-electron chi connectivity index (χ4n) is 3.88. The Morgan fingerprint density at radius 1 is 1.14 bits per heavy atom. The van der Waals surface area contributed by atoms with E-state index >= 15 is 0 Å². The summed E-state index contributed by atoms with van der Waals surface area (Å²) in [5.74, 6) is -0.367. The number of rotatable bonds is 5. The molecular formula is C22H24N4O3. The lowest BCUT2D eigenvalue weighted by atomic mass is 9.86. The molecule has 0 spiro atoms. The standard InChI is InChI=1S/C22H24N4O3/c1-29-22(28)16-7-9-18(10-8-16)25-21(27)17-11-19-20(23-12-17)26(14-24-19)13-15-5-3-2-4-6-15/h2-6,11-12,14,16,18H,7-10,13H2,1H3,(H,25,27). The lowest BCUT2D eigenvalue weighted by Gasteiger charge is -2.27. The third-order valence-corrected chi connectivity index (χ3v) is 5.51. The second-order valence-corrected chi connectivity index (χ2v) is 7.47. The molecule has 0 aliphatic heterocycles. The van der Waals surface area contributed by atoms with Gasteiger partial charge in [0, 0.05) is 12.2 Å². The number of aromatic nitrogens is 3. The topological polar surface area (TPSA) is 86.1 Å². The maximum Gasteiger partial charge on any atom is 0.308 e. The molecule has 2 aromatic heterocycles. The number of benzene rings is 1. The Hall–Kier alpha value is -3.22. The summed E-state index contributed by atoms with van der Waals surface area (Å²) in [5, 5.41) is 3.06. The highest BCUT2D eigenvalue weighted by molar-refractivity contribution is 5.96. The highest BCUT2D eigenvalue weighted by atomic mass is 16.5. The van der Waals surface area contributed by atoms with Gasteiger partial charge in [-0.1, -0.05) is 30.3 Å². The van der Waals surface area contributed by atoms with Gasteiger partial charge in [-0.25, -0.2) is 9.97 Å². The number of methoxy groups -OCH3 is 1. The summed E-state index contributed by atoms with van der Waals surface area (Å²) in [6, 6.07) is 12.0. The first-order valence-electron chi connectivity index (χ1n) is 9.87. The molecule has 4 rings (SSSR count). The normalized spacial score (nSPS) is 19.1. The molecule has 150 valence electrons. The van der Waals surface area contributed by atoms with E-state index in [1.807, 2.05) is 22.8 Å². The predicted molar refractivity (Wildman–Crippen MR) is 108 cm³/mol. The second kappa shape index (κ2) is 8.43. The van der Waals surface area contributed by atoms with Crippen molar-refractivity contribution in [3.8, 4) is 0 Å². The summed E-state index contributed by atoms with van der Waals surface area (Å²) in [5.41, 5.74) is 3.11. The number of carbonyl (C=O) groups excluding carboxylic acids is 2. The molecule has 2 heterocycles. The summed E-state index contributed by atoms with van der Waals surface area (Å²) in [6.07, 6.45) is 6.36. The van der Waals surface area contributed by atoms with Crippen LogP contribution in [0.25, 0.3) is 11.2 Å². The van der Waals surface area contributed by atoms with E-state index in [1.165, 1.54) is 7.11 Å². The van der Waals surface area contributed by atoms with E-state index in [4.69, 9.17) is 4.74 Å². The van der Waals surface area contributed by atoms with E-state index in [0.717, 1.165) is 36.9 Å². The van der Waals surface area contributed by atoms with E-state index in [1.54, 1.807) is 18.6 Å². The number of ether oxygens (including phenoxy) is 1. The van der Waals surface area contributed by atoms with Crippen LogP contribution in [0.4, 0.5) is 0 Å². The fourth-order valence-corrected chi connectivity index (χ4v) is 3.88. The van der Waals surface area contributed by atoms with Crippen molar-refractivity contribution < 1.29 is 14.3 Å². The van der Waals surface area contributed by atoms with Gasteiger partial charge in [0.05, 0.1) is 31.5 Å². The Morgan fingerprint density at radius 3 is 2.62 bits per heavy atom. The number of esters is 1. The molecule has 0 atom stereocenters. The molecular weight excluding hydrogens is 368 g/mol. The van der Waals surface area contributed by atoms with Crippen LogP contribution in [0.15, 0.2) is 48.9 Å². The number of hydrogen-bond donors (Lipinski definition) is 1. The van der Waals surface area contributed by atoms with Crippen LogP contribution in [0, 0.1) is 5.92 Å². The average Bonchev–Trinajstić information content (AvgIpc) is 3.16. The summed E-state index contributed by atoms with van der Waals surface area (Å²) in [4.78, 5) is 33.2. The van der Waals surface area contributed by atoms with Crippen LogP contribution < -0.4 is 5.32 Å². The van der Waals surface area contributed by atoms with E-state index in [9.17, 15) is 9.59 Å². The number of nitrogens with zero attached hydrogens (tertiary/aromatic N) is 3. The van der Waals surface area contributed by atoms with Crippen LogP contribution in [-0.2, 0) is 16.1 Å². The van der Waals surface area contributed by atoms with Gasteiger partial charge >= 0.3 is 5.97 Å². The molecule has 0 saturated heterocycles. The largest absolute Gasteiger partial charge is 0.469 e. The van der Waals surface area contributed by atoms with Gasteiger partial charge in [-0.2, -0.15) is 0 Å². The zero-order valence-corrected chi connectivity index (χ0v) is 16.4. The van der Waals surface area contributed by atoms with Crippen LogP contribution in [0.3, 0.4) is 0 Å². The zero-order chi connectivity index (χ0) is 20.2. The van der Waals surface area contributed by atoms with Gasteiger partial charge < -0.3 is 14.6 Å². The Kier molecular flexibility index (Phi) is 5.55. The molecule has 0 radical (unpaired) electrons. The first-order valence-corrected chi connectivity index (χ1v) is 9.87. The monoisotopic (exact) mass is 392 g/mol. The molecule has 1 amide bonds. The van der Waals surface area contributed by atoms with Crippen molar-refractivity contribution in [3.05, 3.63) is 60.0 Å². The van der Waals surface area contributed by atoms with Crippen LogP contribution >= 0.6 is 0 Å². The molecule has 1 saturated carbocycles. The average molecular weight is 392 g/mol. The number of nitrogens with one attached hydrogen (secondary N) is 1. The van der Waals surface area contributed by atoms with Crippen molar-refractivity contribution in [2.24, 2.45) is 5.92 Å². The minimum Gasteiger partial charge on any atom is -0.469 e. The quantitative estimate of drug-likeness (QED) is 0.675. The highest BCUT2D eigenvalue weighted by Crippen LogP contribution is 2.25.